The van der Waals surface area contributed by atoms with Gasteiger partial charge in [0.15, 0.2) is 6.10 Å². The lowest BCUT2D eigenvalue weighted by atomic mass is 10.1. The lowest BCUT2D eigenvalue weighted by molar-refractivity contribution is -0.122. The van der Waals surface area contributed by atoms with E-state index in [2.05, 4.69) is 5.32 Å². The molecule has 2 aromatic rings. The van der Waals surface area contributed by atoms with Crippen molar-refractivity contribution in [2.75, 3.05) is 5.32 Å². The van der Waals surface area contributed by atoms with Gasteiger partial charge in [-0.1, -0.05) is 42.8 Å². The molecule has 0 spiro atoms. The predicted octanol–water partition coefficient (Wildman–Crippen LogP) is 4.75. The van der Waals surface area contributed by atoms with Crippen molar-refractivity contribution in [2.45, 2.75) is 33.3 Å². The summed E-state index contributed by atoms with van der Waals surface area (Å²) in [4.78, 5) is 12.5. The second-order valence-electron chi connectivity index (χ2n) is 5.23. The standard InChI is InChI=1S/C18H20ClNO2/c1-4-16(22-15-10-6-9-14(19)11-15)18(21)20-17-12(2)7-5-8-13(17)3/h5-11,16H,4H2,1-3H3,(H,20,21)/t16-/m0/s1. The first-order valence-corrected chi connectivity index (χ1v) is 7.68. The number of anilines is 1. The van der Waals surface area contributed by atoms with Gasteiger partial charge >= 0.3 is 0 Å². The van der Waals surface area contributed by atoms with E-state index in [4.69, 9.17) is 16.3 Å². The van der Waals surface area contributed by atoms with E-state index in [1.54, 1.807) is 24.3 Å². The average molecular weight is 318 g/mol. The smallest absolute Gasteiger partial charge is 0.265 e. The molecule has 0 unspecified atom stereocenters. The highest BCUT2D eigenvalue weighted by Gasteiger charge is 2.19. The molecule has 2 aromatic carbocycles. The number of amides is 1. The van der Waals surface area contributed by atoms with Crippen LogP contribution in [0.15, 0.2) is 42.5 Å². The molecule has 0 saturated heterocycles. The van der Waals surface area contributed by atoms with E-state index >= 15 is 0 Å². The topological polar surface area (TPSA) is 38.3 Å². The van der Waals surface area contributed by atoms with Crippen LogP contribution in [0.25, 0.3) is 0 Å². The molecule has 22 heavy (non-hydrogen) atoms. The van der Waals surface area contributed by atoms with Crippen molar-refractivity contribution >= 4 is 23.2 Å². The number of carbonyl (C=O) groups excluding carboxylic acids is 1. The molecule has 0 radical (unpaired) electrons. The zero-order valence-corrected chi connectivity index (χ0v) is 13.8. The number of rotatable bonds is 5. The number of aryl methyl sites for hydroxylation is 2. The summed E-state index contributed by atoms with van der Waals surface area (Å²) in [6, 6.07) is 13.0. The summed E-state index contributed by atoms with van der Waals surface area (Å²) >= 11 is 5.94. The third-order valence-electron chi connectivity index (χ3n) is 3.47. The van der Waals surface area contributed by atoms with Gasteiger partial charge in [0.25, 0.3) is 5.91 Å². The molecule has 0 heterocycles. The first-order valence-electron chi connectivity index (χ1n) is 7.30. The van der Waals surface area contributed by atoms with E-state index < -0.39 is 6.10 Å². The monoisotopic (exact) mass is 317 g/mol. The van der Waals surface area contributed by atoms with Crippen LogP contribution in [0.2, 0.25) is 5.02 Å². The molecule has 0 saturated carbocycles. The third-order valence-corrected chi connectivity index (χ3v) is 3.70. The quantitative estimate of drug-likeness (QED) is 0.864. The van der Waals surface area contributed by atoms with Crippen molar-refractivity contribution in [1.29, 1.82) is 0 Å². The lowest BCUT2D eigenvalue weighted by Crippen LogP contribution is -2.32. The fourth-order valence-corrected chi connectivity index (χ4v) is 2.42. The molecular formula is C18H20ClNO2. The van der Waals surface area contributed by atoms with Crippen molar-refractivity contribution in [3.05, 3.63) is 58.6 Å². The van der Waals surface area contributed by atoms with Gasteiger partial charge in [0, 0.05) is 10.7 Å². The molecule has 1 N–H and O–H groups in total. The van der Waals surface area contributed by atoms with Gasteiger partial charge in [0.2, 0.25) is 0 Å². The van der Waals surface area contributed by atoms with E-state index in [0.717, 1.165) is 16.8 Å². The van der Waals surface area contributed by atoms with E-state index in [9.17, 15) is 4.79 Å². The number of nitrogens with one attached hydrogen (secondary N) is 1. The number of halogens is 1. The van der Waals surface area contributed by atoms with E-state index in [1.165, 1.54) is 0 Å². The van der Waals surface area contributed by atoms with Gasteiger partial charge < -0.3 is 10.1 Å². The van der Waals surface area contributed by atoms with Gasteiger partial charge in [-0.15, -0.1) is 0 Å². The number of carbonyl (C=O) groups is 1. The summed E-state index contributed by atoms with van der Waals surface area (Å²) in [6.07, 6.45) is 0.0148. The number of para-hydroxylation sites is 1. The first-order chi connectivity index (χ1) is 10.5. The highest BCUT2D eigenvalue weighted by Crippen LogP contribution is 2.22. The number of benzene rings is 2. The minimum Gasteiger partial charge on any atom is -0.481 e. The summed E-state index contributed by atoms with van der Waals surface area (Å²) in [5, 5.41) is 3.55. The van der Waals surface area contributed by atoms with Gasteiger partial charge in [-0.25, -0.2) is 0 Å². The summed E-state index contributed by atoms with van der Waals surface area (Å²) in [5.41, 5.74) is 2.91. The van der Waals surface area contributed by atoms with Crippen LogP contribution in [0.4, 0.5) is 5.69 Å². The van der Waals surface area contributed by atoms with Crippen molar-refractivity contribution in [3.8, 4) is 5.75 Å². The molecule has 116 valence electrons. The Balaban J connectivity index is 2.12. The van der Waals surface area contributed by atoms with Crippen LogP contribution in [0.3, 0.4) is 0 Å². The zero-order chi connectivity index (χ0) is 16.1. The largest absolute Gasteiger partial charge is 0.481 e. The SMILES string of the molecule is CC[C@H](Oc1cccc(Cl)c1)C(=O)Nc1c(C)cccc1C. The van der Waals surface area contributed by atoms with E-state index in [-0.39, 0.29) is 5.91 Å². The van der Waals surface area contributed by atoms with Gasteiger partial charge in [-0.3, -0.25) is 4.79 Å². The molecular weight excluding hydrogens is 298 g/mol. The summed E-state index contributed by atoms with van der Waals surface area (Å²) in [6.45, 7) is 5.86. The van der Waals surface area contributed by atoms with Crippen LogP contribution in [-0.2, 0) is 4.79 Å². The normalized spacial score (nSPS) is 11.8. The molecule has 0 aliphatic carbocycles. The highest BCUT2D eigenvalue weighted by molar-refractivity contribution is 6.30. The predicted molar refractivity (Wildman–Crippen MR) is 90.7 cm³/mol. The average Bonchev–Trinajstić information content (AvgIpc) is 2.48. The number of ether oxygens (including phenoxy) is 1. The van der Waals surface area contributed by atoms with E-state index in [1.807, 2.05) is 39.0 Å². The van der Waals surface area contributed by atoms with Crippen molar-refractivity contribution < 1.29 is 9.53 Å². The molecule has 1 atom stereocenters. The molecule has 3 nitrogen and oxygen atoms in total. The second kappa shape index (κ2) is 7.32. The molecule has 0 aliphatic rings. The van der Waals surface area contributed by atoms with Gasteiger partial charge in [0.05, 0.1) is 0 Å². The van der Waals surface area contributed by atoms with Crippen LogP contribution >= 0.6 is 11.6 Å². The highest BCUT2D eigenvalue weighted by atomic mass is 35.5. The Labute approximate surface area is 136 Å². The Bertz CT molecular complexity index is 650. The maximum atomic E-state index is 12.5. The molecule has 0 aliphatic heterocycles. The molecule has 0 fully saturated rings. The van der Waals surface area contributed by atoms with Crippen LogP contribution in [0.1, 0.15) is 24.5 Å². The van der Waals surface area contributed by atoms with Gasteiger partial charge in [0.1, 0.15) is 5.75 Å². The van der Waals surface area contributed by atoms with Crippen molar-refractivity contribution in [2.24, 2.45) is 0 Å². The first kappa shape index (κ1) is 16.4. The van der Waals surface area contributed by atoms with E-state index in [0.29, 0.717) is 17.2 Å². The fourth-order valence-electron chi connectivity index (χ4n) is 2.24. The molecule has 4 heteroatoms. The summed E-state index contributed by atoms with van der Waals surface area (Å²) in [5.74, 6) is 0.441. The van der Waals surface area contributed by atoms with Crippen molar-refractivity contribution in [1.82, 2.24) is 0 Å². The third kappa shape index (κ3) is 4.01. The van der Waals surface area contributed by atoms with Gasteiger partial charge in [-0.2, -0.15) is 0 Å². The second-order valence-corrected chi connectivity index (χ2v) is 5.66. The number of hydrogen-bond acceptors (Lipinski definition) is 2. The lowest BCUT2D eigenvalue weighted by Gasteiger charge is -2.19. The fraction of sp³-hybridized carbons (Fsp3) is 0.278. The molecule has 0 aromatic heterocycles. The minimum absolute atomic E-state index is 0.153. The number of hydrogen-bond donors (Lipinski definition) is 1. The maximum absolute atomic E-state index is 12.5. The minimum atomic E-state index is -0.558. The zero-order valence-electron chi connectivity index (χ0n) is 13.0. The summed E-state index contributed by atoms with van der Waals surface area (Å²) < 4.78 is 5.76. The molecule has 2 rings (SSSR count). The maximum Gasteiger partial charge on any atom is 0.265 e. The van der Waals surface area contributed by atoms with Gasteiger partial charge in [-0.05, 0) is 49.6 Å². The Morgan fingerprint density at radius 1 is 1.18 bits per heavy atom. The summed E-state index contributed by atoms with van der Waals surface area (Å²) in [7, 11) is 0. The van der Waals surface area contributed by atoms with Crippen LogP contribution < -0.4 is 10.1 Å². The Kier molecular flexibility index (Phi) is 5.45. The Morgan fingerprint density at radius 2 is 1.82 bits per heavy atom. The van der Waals surface area contributed by atoms with Crippen LogP contribution in [-0.4, -0.2) is 12.0 Å². The van der Waals surface area contributed by atoms with Crippen LogP contribution in [0.5, 0.6) is 5.75 Å². The van der Waals surface area contributed by atoms with Crippen molar-refractivity contribution in [3.63, 3.8) is 0 Å². The van der Waals surface area contributed by atoms with Crippen LogP contribution in [0, 0.1) is 13.8 Å². The Morgan fingerprint density at radius 3 is 2.41 bits per heavy atom. The Hall–Kier alpha value is -2.00. The molecule has 0 bridgehead atoms. The molecule has 1 amide bonds.